The number of urea groups is 1. The fourth-order valence-electron chi connectivity index (χ4n) is 2.75. The second-order valence-corrected chi connectivity index (χ2v) is 5.11. The Balaban J connectivity index is 1.68. The van der Waals surface area contributed by atoms with Gasteiger partial charge in [0.2, 0.25) is 0 Å². The van der Waals surface area contributed by atoms with E-state index < -0.39 is 0 Å². The molecule has 1 fully saturated rings. The lowest BCUT2D eigenvalue weighted by Gasteiger charge is -2.34. The molecule has 2 aliphatic heterocycles. The molecule has 1 aromatic carbocycles. The number of rotatable bonds is 2. The molecule has 2 amide bonds. The van der Waals surface area contributed by atoms with E-state index in [1.165, 1.54) is 24.8 Å². The van der Waals surface area contributed by atoms with Crippen LogP contribution in [-0.4, -0.2) is 30.1 Å². The van der Waals surface area contributed by atoms with Gasteiger partial charge < -0.3 is 15.5 Å². The van der Waals surface area contributed by atoms with E-state index in [2.05, 4.69) is 16.7 Å². The van der Waals surface area contributed by atoms with Crippen LogP contribution in [0.25, 0.3) is 0 Å². The van der Waals surface area contributed by atoms with Crippen LogP contribution >= 0.6 is 0 Å². The Morgan fingerprint density at radius 1 is 1.28 bits per heavy atom. The summed E-state index contributed by atoms with van der Waals surface area (Å²) in [6.07, 6.45) is 3.70. The molecule has 1 unspecified atom stereocenters. The average Bonchev–Trinajstić information content (AvgIpc) is 2.41. The molecule has 96 valence electrons. The molecule has 0 saturated carbocycles. The van der Waals surface area contributed by atoms with Crippen molar-refractivity contribution in [2.75, 3.05) is 18.4 Å². The van der Waals surface area contributed by atoms with Gasteiger partial charge in [0, 0.05) is 24.8 Å². The van der Waals surface area contributed by atoms with E-state index in [-0.39, 0.29) is 6.03 Å². The number of benzene rings is 1. The minimum Gasteiger partial charge on any atom is -0.319 e. The number of fused-ring (bicyclic) bond motifs is 1. The van der Waals surface area contributed by atoms with Crippen LogP contribution < -0.4 is 10.6 Å². The summed E-state index contributed by atoms with van der Waals surface area (Å²) in [5.74, 6) is 0. The van der Waals surface area contributed by atoms with E-state index in [0.29, 0.717) is 6.04 Å². The molecule has 2 aliphatic rings. The zero-order valence-electron chi connectivity index (χ0n) is 10.5. The quantitative estimate of drug-likeness (QED) is 0.838. The van der Waals surface area contributed by atoms with E-state index in [9.17, 15) is 4.79 Å². The predicted molar refractivity (Wildman–Crippen MR) is 71.5 cm³/mol. The molecule has 4 nitrogen and oxygen atoms in total. The fourth-order valence-corrected chi connectivity index (χ4v) is 2.75. The Morgan fingerprint density at radius 2 is 2.17 bits per heavy atom. The van der Waals surface area contributed by atoms with Gasteiger partial charge in [-0.05, 0) is 31.0 Å². The van der Waals surface area contributed by atoms with Gasteiger partial charge in [0.15, 0.2) is 0 Å². The molecule has 2 heterocycles. The highest BCUT2D eigenvalue weighted by Gasteiger charge is 2.25. The molecular formula is C14H19N3O. The topological polar surface area (TPSA) is 44.4 Å². The highest BCUT2D eigenvalue weighted by Crippen LogP contribution is 2.23. The normalized spacial score (nSPS) is 23.4. The number of piperidine rings is 1. The van der Waals surface area contributed by atoms with Crippen molar-refractivity contribution in [3.8, 4) is 0 Å². The number of nitrogens with zero attached hydrogens (tertiary/aromatic N) is 1. The Kier molecular flexibility index (Phi) is 3.19. The molecule has 3 rings (SSSR count). The molecule has 1 saturated heterocycles. The molecule has 0 radical (unpaired) electrons. The summed E-state index contributed by atoms with van der Waals surface area (Å²) in [4.78, 5) is 13.9. The van der Waals surface area contributed by atoms with Crippen molar-refractivity contribution in [3.63, 3.8) is 0 Å². The molecule has 4 heteroatoms. The summed E-state index contributed by atoms with van der Waals surface area (Å²) >= 11 is 0. The van der Waals surface area contributed by atoms with Crippen molar-refractivity contribution in [2.24, 2.45) is 0 Å². The number of amides is 2. The molecule has 18 heavy (non-hydrogen) atoms. The molecule has 2 N–H and O–H groups in total. The van der Waals surface area contributed by atoms with E-state index in [4.69, 9.17) is 0 Å². The SMILES string of the molecule is O=C1Nc2ccccc2CN1CC1CCCCN1. The molecule has 0 aliphatic carbocycles. The highest BCUT2D eigenvalue weighted by molar-refractivity contribution is 5.92. The van der Waals surface area contributed by atoms with E-state index in [1.807, 2.05) is 23.1 Å². The largest absolute Gasteiger partial charge is 0.322 e. The third kappa shape index (κ3) is 2.34. The van der Waals surface area contributed by atoms with Crippen LogP contribution in [0.1, 0.15) is 24.8 Å². The number of hydrogen-bond acceptors (Lipinski definition) is 2. The standard InChI is InChI=1S/C14H19N3O/c18-14-16-13-7-2-1-5-11(13)9-17(14)10-12-6-3-4-8-15-12/h1-2,5,7,12,15H,3-4,6,8-10H2,(H,16,18). The minimum absolute atomic E-state index is 0.0288. The molecular weight excluding hydrogens is 226 g/mol. The number of carbonyl (C=O) groups is 1. The number of para-hydroxylation sites is 1. The van der Waals surface area contributed by atoms with Crippen LogP contribution in [-0.2, 0) is 6.54 Å². The van der Waals surface area contributed by atoms with Gasteiger partial charge in [-0.2, -0.15) is 0 Å². The van der Waals surface area contributed by atoms with Crippen LogP contribution in [0.2, 0.25) is 0 Å². The van der Waals surface area contributed by atoms with Crippen LogP contribution in [0.3, 0.4) is 0 Å². The number of anilines is 1. The smallest absolute Gasteiger partial charge is 0.319 e. The zero-order chi connectivity index (χ0) is 12.4. The van der Waals surface area contributed by atoms with Crippen molar-refractivity contribution < 1.29 is 4.79 Å². The van der Waals surface area contributed by atoms with Gasteiger partial charge in [-0.1, -0.05) is 24.6 Å². The van der Waals surface area contributed by atoms with Gasteiger partial charge in [0.1, 0.15) is 0 Å². The Bertz CT molecular complexity index is 440. The zero-order valence-corrected chi connectivity index (χ0v) is 10.5. The molecule has 1 aromatic rings. The first kappa shape index (κ1) is 11.5. The maximum absolute atomic E-state index is 12.0. The maximum atomic E-state index is 12.0. The summed E-state index contributed by atoms with van der Waals surface area (Å²) in [5.41, 5.74) is 2.16. The van der Waals surface area contributed by atoms with Gasteiger partial charge in [-0.3, -0.25) is 0 Å². The maximum Gasteiger partial charge on any atom is 0.322 e. The van der Waals surface area contributed by atoms with Crippen molar-refractivity contribution in [1.82, 2.24) is 10.2 Å². The van der Waals surface area contributed by atoms with Crippen molar-refractivity contribution in [1.29, 1.82) is 0 Å². The van der Waals surface area contributed by atoms with E-state index in [1.54, 1.807) is 0 Å². The van der Waals surface area contributed by atoms with Crippen molar-refractivity contribution in [2.45, 2.75) is 31.8 Å². The first-order valence-corrected chi connectivity index (χ1v) is 6.70. The summed E-state index contributed by atoms with van der Waals surface area (Å²) in [5, 5.41) is 6.45. The second-order valence-electron chi connectivity index (χ2n) is 5.11. The highest BCUT2D eigenvalue weighted by atomic mass is 16.2. The Morgan fingerprint density at radius 3 is 3.00 bits per heavy atom. The van der Waals surface area contributed by atoms with Gasteiger partial charge in [0.05, 0.1) is 0 Å². The summed E-state index contributed by atoms with van der Waals surface area (Å²) in [7, 11) is 0. The first-order chi connectivity index (χ1) is 8.83. The number of hydrogen-bond donors (Lipinski definition) is 2. The average molecular weight is 245 g/mol. The van der Waals surface area contributed by atoms with Gasteiger partial charge in [-0.15, -0.1) is 0 Å². The van der Waals surface area contributed by atoms with Crippen molar-refractivity contribution in [3.05, 3.63) is 29.8 Å². The van der Waals surface area contributed by atoms with Crippen LogP contribution in [0, 0.1) is 0 Å². The second kappa shape index (κ2) is 4.98. The predicted octanol–water partition coefficient (Wildman–Crippen LogP) is 2.18. The van der Waals surface area contributed by atoms with Crippen LogP contribution in [0.15, 0.2) is 24.3 Å². The lowest BCUT2D eigenvalue weighted by atomic mass is 10.0. The molecule has 0 spiro atoms. The fraction of sp³-hybridized carbons (Fsp3) is 0.500. The minimum atomic E-state index is 0.0288. The number of nitrogens with one attached hydrogen (secondary N) is 2. The lowest BCUT2D eigenvalue weighted by molar-refractivity contribution is 0.194. The summed E-state index contributed by atoms with van der Waals surface area (Å²) in [6.45, 7) is 2.61. The molecule has 0 aromatic heterocycles. The number of carbonyl (C=O) groups excluding carboxylic acids is 1. The summed E-state index contributed by atoms with van der Waals surface area (Å²) < 4.78 is 0. The Hall–Kier alpha value is -1.55. The third-order valence-corrected chi connectivity index (χ3v) is 3.76. The summed E-state index contributed by atoms with van der Waals surface area (Å²) in [6, 6.07) is 8.50. The Labute approximate surface area is 107 Å². The van der Waals surface area contributed by atoms with Crippen molar-refractivity contribution >= 4 is 11.7 Å². The van der Waals surface area contributed by atoms with E-state index in [0.717, 1.165) is 25.3 Å². The lowest BCUT2D eigenvalue weighted by Crippen LogP contribution is -2.48. The van der Waals surface area contributed by atoms with E-state index >= 15 is 0 Å². The van der Waals surface area contributed by atoms with Gasteiger partial charge in [0.25, 0.3) is 0 Å². The van der Waals surface area contributed by atoms with Crippen LogP contribution in [0.5, 0.6) is 0 Å². The first-order valence-electron chi connectivity index (χ1n) is 6.70. The monoisotopic (exact) mass is 245 g/mol. The van der Waals surface area contributed by atoms with Gasteiger partial charge >= 0.3 is 6.03 Å². The molecule has 0 bridgehead atoms. The van der Waals surface area contributed by atoms with Gasteiger partial charge in [-0.25, -0.2) is 4.79 Å². The van der Waals surface area contributed by atoms with Crippen LogP contribution in [0.4, 0.5) is 10.5 Å². The molecule has 1 atom stereocenters. The third-order valence-electron chi connectivity index (χ3n) is 3.76.